The Balaban J connectivity index is 3.03. The zero-order valence-corrected chi connectivity index (χ0v) is 14.5. The molecular weight excluding hydrogens is 302 g/mol. The lowest BCUT2D eigenvalue weighted by Gasteiger charge is -2.19. The van der Waals surface area contributed by atoms with Crippen molar-refractivity contribution in [1.82, 2.24) is 0 Å². The van der Waals surface area contributed by atoms with Crippen LogP contribution >= 0.6 is 11.3 Å². The highest BCUT2D eigenvalue weighted by Gasteiger charge is 2.21. The van der Waals surface area contributed by atoms with Crippen molar-refractivity contribution in [1.29, 1.82) is 0 Å². The number of thiophene rings is 1. The van der Waals surface area contributed by atoms with E-state index >= 15 is 0 Å². The summed E-state index contributed by atoms with van der Waals surface area (Å²) in [6, 6.07) is 1.55. The molecule has 1 rings (SSSR count). The van der Waals surface area contributed by atoms with E-state index in [0.717, 1.165) is 11.3 Å². The monoisotopic (exact) mass is 323 g/mol. The molecule has 0 aromatic carbocycles. The molecule has 2 N–H and O–H groups in total. The number of carboxylic acid groups (broad SMARTS) is 1. The molecular formula is C16H21NO4S. The quantitative estimate of drug-likeness (QED) is 0.800. The number of nitrogens with one attached hydrogen (secondary N) is 1. The van der Waals surface area contributed by atoms with Gasteiger partial charge in [-0.15, -0.1) is 11.3 Å². The van der Waals surface area contributed by atoms with Crippen molar-refractivity contribution in [2.45, 2.75) is 47.1 Å². The molecule has 0 bridgehead atoms. The van der Waals surface area contributed by atoms with Gasteiger partial charge in [0, 0.05) is 5.41 Å². The van der Waals surface area contributed by atoms with Crippen molar-refractivity contribution in [3.8, 4) is 11.8 Å². The normalized spacial score (nSPS) is 11.4. The summed E-state index contributed by atoms with van der Waals surface area (Å²) in [5.41, 5.74) is -0.644. The number of carbonyl (C=O) groups excluding carboxylic acids is 1. The van der Waals surface area contributed by atoms with Gasteiger partial charge in [-0.3, -0.25) is 5.32 Å². The van der Waals surface area contributed by atoms with Crippen LogP contribution in [0, 0.1) is 17.3 Å². The Morgan fingerprint density at radius 1 is 1.23 bits per heavy atom. The van der Waals surface area contributed by atoms with Gasteiger partial charge in [0.2, 0.25) is 0 Å². The highest BCUT2D eigenvalue weighted by molar-refractivity contribution is 7.15. The molecule has 1 heterocycles. The topological polar surface area (TPSA) is 75.6 Å². The lowest BCUT2D eigenvalue weighted by molar-refractivity contribution is 0.0636. The van der Waals surface area contributed by atoms with Gasteiger partial charge in [0.1, 0.15) is 10.5 Å². The molecule has 0 unspecified atom stereocenters. The van der Waals surface area contributed by atoms with Crippen molar-refractivity contribution in [2.24, 2.45) is 5.41 Å². The van der Waals surface area contributed by atoms with Crippen LogP contribution in [-0.4, -0.2) is 22.8 Å². The summed E-state index contributed by atoms with van der Waals surface area (Å²) in [4.78, 5) is 23.7. The summed E-state index contributed by atoms with van der Waals surface area (Å²) < 4.78 is 5.13. The Kier molecular flexibility index (Phi) is 5.26. The number of hydrogen-bond acceptors (Lipinski definition) is 4. The second kappa shape index (κ2) is 6.41. The smallest absolute Gasteiger partial charge is 0.412 e. The van der Waals surface area contributed by atoms with Gasteiger partial charge in [0.25, 0.3) is 0 Å². The van der Waals surface area contributed by atoms with E-state index in [0.29, 0.717) is 4.88 Å². The van der Waals surface area contributed by atoms with Gasteiger partial charge in [-0.1, -0.05) is 11.8 Å². The first-order valence-corrected chi connectivity index (χ1v) is 7.59. The first kappa shape index (κ1) is 18.1. The predicted molar refractivity (Wildman–Crippen MR) is 87.5 cm³/mol. The SMILES string of the molecule is CC(C)(C)C#Cc1cc(NC(=O)OC(C)(C)C)c(C(=O)O)s1. The zero-order chi connectivity index (χ0) is 17.1. The molecule has 0 spiro atoms. The average molecular weight is 323 g/mol. The Morgan fingerprint density at radius 2 is 1.82 bits per heavy atom. The van der Waals surface area contributed by atoms with E-state index in [1.165, 1.54) is 0 Å². The Labute approximate surface area is 134 Å². The molecule has 22 heavy (non-hydrogen) atoms. The number of carbonyl (C=O) groups is 2. The first-order valence-electron chi connectivity index (χ1n) is 6.78. The van der Waals surface area contributed by atoms with Crippen molar-refractivity contribution in [2.75, 3.05) is 5.32 Å². The first-order chi connectivity index (χ1) is 9.87. The van der Waals surface area contributed by atoms with Gasteiger partial charge in [-0.25, -0.2) is 9.59 Å². The van der Waals surface area contributed by atoms with Crippen LogP contribution in [0.3, 0.4) is 0 Å². The molecule has 0 aliphatic rings. The fraction of sp³-hybridized carbons (Fsp3) is 0.500. The highest BCUT2D eigenvalue weighted by atomic mass is 32.1. The Bertz CT molecular complexity index is 636. The van der Waals surface area contributed by atoms with E-state index < -0.39 is 17.7 Å². The molecule has 1 amide bonds. The predicted octanol–water partition coefficient (Wildman–Crippen LogP) is 4.19. The van der Waals surface area contributed by atoms with Crippen LogP contribution < -0.4 is 5.32 Å². The summed E-state index contributed by atoms with van der Waals surface area (Å²) >= 11 is 1.02. The van der Waals surface area contributed by atoms with Gasteiger partial charge < -0.3 is 9.84 Å². The van der Waals surface area contributed by atoms with Crippen molar-refractivity contribution in [3.05, 3.63) is 15.8 Å². The zero-order valence-electron chi connectivity index (χ0n) is 13.7. The summed E-state index contributed by atoms with van der Waals surface area (Å²) in [5.74, 6) is 4.86. The van der Waals surface area contributed by atoms with Crippen LogP contribution in [0.15, 0.2) is 6.07 Å². The van der Waals surface area contributed by atoms with Gasteiger partial charge in [0.05, 0.1) is 10.6 Å². The molecule has 5 nitrogen and oxygen atoms in total. The molecule has 0 atom stereocenters. The summed E-state index contributed by atoms with van der Waals surface area (Å²) in [6.45, 7) is 11.1. The van der Waals surface area contributed by atoms with E-state index in [4.69, 9.17) is 4.74 Å². The fourth-order valence-electron chi connectivity index (χ4n) is 1.37. The second-order valence-electron chi connectivity index (χ2n) is 6.79. The molecule has 1 aromatic rings. The Morgan fingerprint density at radius 3 is 2.27 bits per heavy atom. The summed E-state index contributed by atoms with van der Waals surface area (Å²) in [6.07, 6.45) is -0.692. The number of anilines is 1. The molecule has 6 heteroatoms. The number of aromatic carboxylic acids is 1. The fourth-order valence-corrected chi connectivity index (χ4v) is 2.17. The number of hydrogen-bond donors (Lipinski definition) is 2. The Hall–Kier alpha value is -2.00. The van der Waals surface area contributed by atoms with Crippen LogP contribution in [0.4, 0.5) is 10.5 Å². The molecule has 1 aromatic heterocycles. The number of carboxylic acids is 1. The van der Waals surface area contributed by atoms with Crippen LogP contribution in [0.2, 0.25) is 0 Å². The highest BCUT2D eigenvalue weighted by Crippen LogP contribution is 2.28. The number of rotatable bonds is 2. The van der Waals surface area contributed by atoms with Gasteiger partial charge in [-0.05, 0) is 47.6 Å². The van der Waals surface area contributed by atoms with E-state index in [2.05, 4.69) is 17.2 Å². The third kappa shape index (κ3) is 6.19. The molecule has 0 saturated carbocycles. The largest absolute Gasteiger partial charge is 0.477 e. The van der Waals surface area contributed by atoms with Crippen LogP contribution in [0.25, 0.3) is 0 Å². The number of ether oxygens (including phenoxy) is 1. The average Bonchev–Trinajstić information content (AvgIpc) is 2.66. The molecule has 120 valence electrons. The van der Waals surface area contributed by atoms with Crippen molar-refractivity contribution in [3.63, 3.8) is 0 Å². The maximum Gasteiger partial charge on any atom is 0.412 e. The van der Waals surface area contributed by atoms with E-state index in [9.17, 15) is 14.7 Å². The standard InChI is InChI=1S/C16H21NO4S/c1-15(2,3)8-7-10-9-11(12(22-10)13(18)19)17-14(20)21-16(4,5)6/h9H,1-6H3,(H,17,20)(H,18,19). The molecule has 0 radical (unpaired) electrons. The van der Waals surface area contributed by atoms with Gasteiger partial charge >= 0.3 is 12.1 Å². The van der Waals surface area contributed by atoms with Gasteiger partial charge in [-0.2, -0.15) is 0 Å². The maximum absolute atomic E-state index is 11.8. The van der Waals surface area contributed by atoms with Crippen LogP contribution in [0.1, 0.15) is 56.1 Å². The van der Waals surface area contributed by atoms with Crippen LogP contribution in [-0.2, 0) is 4.74 Å². The van der Waals surface area contributed by atoms with E-state index in [1.54, 1.807) is 26.8 Å². The summed E-state index contributed by atoms with van der Waals surface area (Å²) in [7, 11) is 0. The third-order valence-corrected chi connectivity index (χ3v) is 3.16. The minimum atomic E-state index is -1.11. The van der Waals surface area contributed by atoms with Crippen LogP contribution in [0.5, 0.6) is 0 Å². The lowest BCUT2D eigenvalue weighted by Crippen LogP contribution is -2.27. The van der Waals surface area contributed by atoms with Crippen molar-refractivity contribution < 1.29 is 19.4 Å². The number of amides is 1. The third-order valence-electron chi connectivity index (χ3n) is 2.12. The minimum absolute atomic E-state index is 0.0315. The van der Waals surface area contributed by atoms with Crippen molar-refractivity contribution >= 4 is 29.1 Å². The molecule has 0 aliphatic heterocycles. The van der Waals surface area contributed by atoms with E-state index in [-0.39, 0.29) is 16.0 Å². The lowest BCUT2D eigenvalue weighted by atomic mass is 9.98. The molecule has 0 aliphatic carbocycles. The van der Waals surface area contributed by atoms with E-state index in [1.807, 2.05) is 20.8 Å². The minimum Gasteiger partial charge on any atom is -0.477 e. The molecule has 0 saturated heterocycles. The summed E-state index contributed by atoms with van der Waals surface area (Å²) in [5, 5.41) is 11.7. The molecule has 0 fully saturated rings. The maximum atomic E-state index is 11.8. The second-order valence-corrected chi connectivity index (χ2v) is 7.84. The van der Waals surface area contributed by atoms with Gasteiger partial charge in [0.15, 0.2) is 0 Å².